The number of hydrogen-bond donors (Lipinski definition) is 0. The Morgan fingerprint density at radius 3 is 2.73 bits per heavy atom. The molecule has 1 aliphatic heterocycles. The Labute approximate surface area is 145 Å². The minimum atomic E-state index is -4.57. The molecule has 10 heteroatoms. The van der Waals surface area contributed by atoms with Crippen molar-refractivity contribution in [3.05, 3.63) is 53.0 Å². The maximum absolute atomic E-state index is 12.8. The van der Waals surface area contributed by atoms with E-state index < -0.39 is 17.4 Å². The summed E-state index contributed by atoms with van der Waals surface area (Å²) in [5.74, 6) is 0.758. The highest BCUT2D eigenvalue weighted by atomic mass is 19.4. The molecule has 4 heterocycles. The summed E-state index contributed by atoms with van der Waals surface area (Å²) >= 11 is 0. The van der Waals surface area contributed by atoms with E-state index in [2.05, 4.69) is 20.1 Å². The monoisotopic (exact) mass is 362 g/mol. The summed E-state index contributed by atoms with van der Waals surface area (Å²) in [4.78, 5) is 26.2. The maximum atomic E-state index is 12.8. The van der Waals surface area contributed by atoms with E-state index in [0.717, 1.165) is 27.5 Å². The zero-order valence-corrected chi connectivity index (χ0v) is 13.4. The van der Waals surface area contributed by atoms with Gasteiger partial charge in [-0.05, 0) is 12.1 Å². The lowest BCUT2D eigenvalue weighted by atomic mass is 10.00. The van der Waals surface area contributed by atoms with Gasteiger partial charge in [-0.1, -0.05) is 0 Å². The van der Waals surface area contributed by atoms with Gasteiger partial charge >= 0.3 is 6.18 Å². The molecular formula is C16H13F3N6O. The van der Waals surface area contributed by atoms with Gasteiger partial charge < -0.3 is 4.90 Å². The van der Waals surface area contributed by atoms with Crippen LogP contribution in [0.25, 0.3) is 10.9 Å². The molecule has 0 bridgehead atoms. The van der Waals surface area contributed by atoms with Gasteiger partial charge in [0.1, 0.15) is 12.1 Å². The van der Waals surface area contributed by atoms with Crippen LogP contribution in [0.2, 0.25) is 0 Å². The molecule has 0 N–H and O–H groups in total. The van der Waals surface area contributed by atoms with Crippen molar-refractivity contribution < 1.29 is 13.2 Å². The molecule has 7 nitrogen and oxygen atoms in total. The van der Waals surface area contributed by atoms with Crippen LogP contribution in [0.15, 0.2) is 41.7 Å². The second-order valence-corrected chi connectivity index (χ2v) is 6.10. The number of rotatable bonds is 3. The summed E-state index contributed by atoms with van der Waals surface area (Å²) in [6, 6.07) is 3.42. The second-order valence-electron chi connectivity index (χ2n) is 6.10. The van der Waals surface area contributed by atoms with E-state index in [1.807, 2.05) is 11.0 Å². The minimum Gasteiger partial charge on any atom is -0.355 e. The fourth-order valence-electron chi connectivity index (χ4n) is 2.98. The van der Waals surface area contributed by atoms with Crippen molar-refractivity contribution >= 4 is 16.7 Å². The molecule has 0 aliphatic carbocycles. The molecule has 134 valence electrons. The average Bonchev–Trinajstić information content (AvgIpc) is 2.58. The van der Waals surface area contributed by atoms with Crippen LogP contribution in [-0.4, -0.2) is 37.8 Å². The molecule has 4 rings (SSSR count). The van der Waals surface area contributed by atoms with E-state index in [0.29, 0.717) is 19.2 Å². The Morgan fingerprint density at radius 1 is 1.15 bits per heavy atom. The highest BCUT2D eigenvalue weighted by molar-refractivity contribution is 5.88. The van der Waals surface area contributed by atoms with E-state index in [1.165, 1.54) is 6.33 Å². The number of anilines is 1. The van der Waals surface area contributed by atoms with Crippen molar-refractivity contribution in [2.24, 2.45) is 5.92 Å². The fraction of sp³-hybridized carbons (Fsp3) is 0.312. The van der Waals surface area contributed by atoms with Crippen LogP contribution in [-0.2, 0) is 12.7 Å². The third kappa shape index (κ3) is 2.98. The maximum Gasteiger partial charge on any atom is 0.435 e. The van der Waals surface area contributed by atoms with Gasteiger partial charge in [0, 0.05) is 36.7 Å². The molecule has 3 aromatic heterocycles. The molecule has 0 atom stereocenters. The molecule has 0 saturated carbocycles. The topological polar surface area (TPSA) is 76.8 Å². The van der Waals surface area contributed by atoms with Gasteiger partial charge in [0.2, 0.25) is 0 Å². The third-order valence-corrected chi connectivity index (χ3v) is 4.26. The first kappa shape index (κ1) is 16.4. The van der Waals surface area contributed by atoms with Crippen LogP contribution in [0, 0.1) is 5.92 Å². The first-order valence-electron chi connectivity index (χ1n) is 7.87. The van der Waals surface area contributed by atoms with E-state index in [-0.39, 0.29) is 12.5 Å². The molecule has 0 radical (unpaired) electrons. The fourth-order valence-corrected chi connectivity index (χ4v) is 2.98. The normalized spacial score (nSPS) is 15.3. The smallest absolute Gasteiger partial charge is 0.355 e. The molecule has 0 spiro atoms. The number of alkyl halides is 3. The first-order chi connectivity index (χ1) is 12.4. The van der Waals surface area contributed by atoms with Gasteiger partial charge in [-0.2, -0.15) is 18.3 Å². The Bertz CT molecular complexity index is 1010. The lowest BCUT2D eigenvalue weighted by molar-refractivity contribution is -0.142. The summed E-state index contributed by atoms with van der Waals surface area (Å²) in [5, 5.41) is 4.30. The number of hydrogen-bond acceptors (Lipinski definition) is 6. The number of fused-ring (bicyclic) bond motifs is 1. The standard InChI is InChI=1S/C16H13F3N6O/c17-16(18,19)13-1-2-14(26)25(23-13)8-10-6-24(7-10)15-11-3-4-20-5-12(11)21-9-22-15/h1-5,9-10H,6-8H2. The van der Waals surface area contributed by atoms with Crippen molar-refractivity contribution in [3.8, 4) is 0 Å². The summed E-state index contributed by atoms with van der Waals surface area (Å²) in [6.45, 7) is 1.27. The Morgan fingerprint density at radius 2 is 1.96 bits per heavy atom. The third-order valence-electron chi connectivity index (χ3n) is 4.26. The molecule has 1 saturated heterocycles. The lowest BCUT2D eigenvalue weighted by Crippen LogP contribution is -2.50. The predicted octanol–water partition coefficient (Wildman–Crippen LogP) is 1.74. The van der Waals surface area contributed by atoms with E-state index >= 15 is 0 Å². The number of pyridine rings is 1. The Kier molecular flexibility index (Phi) is 3.82. The number of aromatic nitrogens is 5. The average molecular weight is 362 g/mol. The number of halogens is 3. The van der Waals surface area contributed by atoms with Gasteiger partial charge in [0.05, 0.1) is 18.3 Å². The minimum absolute atomic E-state index is 0.00976. The summed E-state index contributed by atoms with van der Waals surface area (Å²) in [5.41, 5.74) is -0.894. The quantitative estimate of drug-likeness (QED) is 0.706. The molecular weight excluding hydrogens is 349 g/mol. The molecule has 3 aromatic rings. The van der Waals surface area contributed by atoms with Crippen LogP contribution in [0.5, 0.6) is 0 Å². The zero-order chi connectivity index (χ0) is 18.3. The summed E-state index contributed by atoms with van der Waals surface area (Å²) in [6.07, 6.45) is 0.170. The first-order valence-corrected chi connectivity index (χ1v) is 7.87. The van der Waals surface area contributed by atoms with Crippen molar-refractivity contribution in [2.45, 2.75) is 12.7 Å². The van der Waals surface area contributed by atoms with Crippen molar-refractivity contribution in [1.82, 2.24) is 24.7 Å². The van der Waals surface area contributed by atoms with Crippen molar-refractivity contribution in [1.29, 1.82) is 0 Å². The van der Waals surface area contributed by atoms with E-state index in [1.54, 1.807) is 12.4 Å². The highest BCUT2D eigenvalue weighted by Crippen LogP contribution is 2.29. The lowest BCUT2D eigenvalue weighted by Gasteiger charge is -2.40. The van der Waals surface area contributed by atoms with Crippen molar-refractivity contribution in [3.63, 3.8) is 0 Å². The van der Waals surface area contributed by atoms with Gasteiger partial charge in [0.15, 0.2) is 5.69 Å². The molecule has 1 aliphatic rings. The molecule has 0 unspecified atom stereocenters. The molecule has 0 aromatic carbocycles. The zero-order valence-electron chi connectivity index (χ0n) is 13.4. The predicted molar refractivity (Wildman–Crippen MR) is 86.5 cm³/mol. The number of nitrogens with zero attached hydrogens (tertiary/aromatic N) is 6. The molecule has 0 amide bonds. The highest BCUT2D eigenvalue weighted by Gasteiger charge is 2.34. The SMILES string of the molecule is O=c1ccc(C(F)(F)F)nn1CC1CN(c2ncnc3cnccc23)C1. The largest absolute Gasteiger partial charge is 0.435 e. The molecule has 1 fully saturated rings. The van der Waals surface area contributed by atoms with Gasteiger partial charge in [-0.25, -0.2) is 14.6 Å². The summed E-state index contributed by atoms with van der Waals surface area (Å²) in [7, 11) is 0. The van der Waals surface area contributed by atoms with Crippen LogP contribution >= 0.6 is 0 Å². The van der Waals surface area contributed by atoms with Gasteiger partial charge in [-0.15, -0.1) is 0 Å². The van der Waals surface area contributed by atoms with Crippen LogP contribution in [0.1, 0.15) is 5.69 Å². The van der Waals surface area contributed by atoms with Gasteiger partial charge in [-0.3, -0.25) is 9.78 Å². The second kappa shape index (κ2) is 6.04. The summed E-state index contributed by atoms with van der Waals surface area (Å²) < 4.78 is 39.2. The van der Waals surface area contributed by atoms with E-state index in [9.17, 15) is 18.0 Å². The van der Waals surface area contributed by atoms with Crippen LogP contribution in [0.4, 0.5) is 19.0 Å². The van der Waals surface area contributed by atoms with Crippen LogP contribution in [0.3, 0.4) is 0 Å². The Balaban J connectivity index is 1.50. The van der Waals surface area contributed by atoms with Gasteiger partial charge in [0.25, 0.3) is 5.56 Å². The van der Waals surface area contributed by atoms with Crippen LogP contribution < -0.4 is 10.5 Å². The van der Waals surface area contributed by atoms with Crippen molar-refractivity contribution in [2.75, 3.05) is 18.0 Å². The van der Waals surface area contributed by atoms with E-state index in [4.69, 9.17) is 0 Å². The molecule has 26 heavy (non-hydrogen) atoms. The Hall–Kier alpha value is -3.04.